The summed E-state index contributed by atoms with van der Waals surface area (Å²) in [5.41, 5.74) is 1.56. The van der Waals surface area contributed by atoms with E-state index in [1.165, 1.54) is 18.2 Å². The monoisotopic (exact) mass is 477 g/mol. The van der Waals surface area contributed by atoms with E-state index in [1.807, 2.05) is 0 Å². The van der Waals surface area contributed by atoms with Crippen LogP contribution in [0, 0.1) is 0 Å². The van der Waals surface area contributed by atoms with Gasteiger partial charge in [0, 0.05) is 20.8 Å². The highest BCUT2D eigenvalue weighted by Crippen LogP contribution is 2.36. The average Bonchev–Trinajstić information content (AvgIpc) is 2.67. The molecular weight excluding hydrogens is 467 g/mol. The van der Waals surface area contributed by atoms with E-state index in [2.05, 4.69) is 20.0 Å². The summed E-state index contributed by atoms with van der Waals surface area (Å²) < 4.78 is 29.6. The molecule has 1 N–H and O–H groups in total. The highest BCUT2D eigenvalue weighted by Gasteiger charge is 2.13. The third-order valence-corrected chi connectivity index (χ3v) is 5.91. The lowest BCUT2D eigenvalue weighted by Crippen LogP contribution is -2.02. The summed E-state index contributed by atoms with van der Waals surface area (Å²) in [5.74, 6) is 0.0300. The molecular formula is C20H12Cl3N4O2S-. The van der Waals surface area contributed by atoms with Gasteiger partial charge in [-0.1, -0.05) is 59.1 Å². The van der Waals surface area contributed by atoms with Crippen molar-refractivity contribution in [3.63, 3.8) is 0 Å². The van der Waals surface area contributed by atoms with Gasteiger partial charge in [-0.25, -0.2) is 13.4 Å². The van der Waals surface area contributed by atoms with Gasteiger partial charge in [0.1, 0.15) is 5.82 Å². The fourth-order valence-electron chi connectivity index (χ4n) is 2.69. The van der Waals surface area contributed by atoms with Crippen LogP contribution in [0.2, 0.25) is 15.1 Å². The summed E-state index contributed by atoms with van der Waals surface area (Å²) in [6, 6.07) is 17.7. The number of nitrogens with one attached hydrogen (secondary N) is 1. The summed E-state index contributed by atoms with van der Waals surface area (Å²) in [6.07, 6.45) is 0. The molecule has 152 valence electrons. The molecule has 0 aliphatic heterocycles. The molecule has 0 aliphatic rings. The van der Waals surface area contributed by atoms with Crippen LogP contribution in [0.1, 0.15) is 0 Å². The van der Waals surface area contributed by atoms with Gasteiger partial charge in [-0.05, 0) is 53.8 Å². The van der Waals surface area contributed by atoms with Crippen LogP contribution in [0.4, 0.5) is 17.3 Å². The highest BCUT2D eigenvalue weighted by atomic mass is 35.5. The normalized spacial score (nSPS) is 11.4. The van der Waals surface area contributed by atoms with Crippen molar-refractivity contribution in [2.24, 2.45) is 0 Å². The van der Waals surface area contributed by atoms with E-state index in [-0.39, 0.29) is 21.6 Å². The first-order chi connectivity index (χ1) is 14.3. The molecule has 0 atom stereocenters. The number of fused-ring (bicyclic) bond motifs is 1. The first-order valence-electron chi connectivity index (χ1n) is 8.54. The van der Waals surface area contributed by atoms with Gasteiger partial charge in [0.05, 0.1) is 10.4 Å². The Bertz CT molecular complexity index is 1340. The van der Waals surface area contributed by atoms with Crippen molar-refractivity contribution in [3.05, 3.63) is 86.5 Å². The third-order valence-electron chi connectivity index (χ3n) is 3.98. The number of benzene rings is 3. The third kappa shape index (κ3) is 4.60. The van der Waals surface area contributed by atoms with E-state index in [4.69, 9.17) is 34.8 Å². The molecule has 0 spiro atoms. The van der Waals surface area contributed by atoms with Crippen LogP contribution < -0.4 is 5.32 Å². The summed E-state index contributed by atoms with van der Waals surface area (Å²) in [6.45, 7) is 0. The molecule has 0 radical (unpaired) electrons. The largest absolute Gasteiger partial charge is 0.431 e. The first kappa shape index (κ1) is 20.7. The van der Waals surface area contributed by atoms with Crippen molar-refractivity contribution in [2.45, 2.75) is 4.90 Å². The van der Waals surface area contributed by atoms with E-state index < -0.39 is 10.0 Å². The van der Waals surface area contributed by atoms with Crippen LogP contribution in [-0.4, -0.2) is 18.4 Å². The van der Waals surface area contributed by atoms with Gasteiger partial charge in [0.15, 0.2) is 0 Å². The SMILES string of the molecule is O=S(=O)([N-]c1nc2ccccc2nc1Nc1cc(Cl)cc(Cl)c1)c1cccc(Cl)c1. The lowest BCUT2D eigenvalue weighted by atomic mass is 10.3. The topological polar surface area (TPSA) is 86.1 Å². The standard InChI is InChI=1S/C20H12Cl3N4O2S/c21-12-4-3-5-16(11-12)30(28,29)27-20-19(24-15-9-13(22)8-14(23)10-15)25-17-6-1-2-7-18(17)26-20/h1-11H,(H-,24,25,26,27)/q-1. The van der Waals surface area contributed by atoms with Gasteiger partial charge in [-0.2, -0.15) is 0 Å². The minimum Gasteiger partial charge on any atom is -0.431 e. The van der Waals surface area contributed by atoms with Gasteiger partial charge < -0.3 is 15.0 Å². The fraction of sp³-hybridized carbons (Fsp3) is 0. The Hall–Kier alpha value is -2.58. The number of hydrogen-bond donors (Lipinski definition) is 1. The number of anilines is 2. The molecule has 0 saturated carbocycles. The lowest BCUT2D eigenvalue weighted by molar-refractivity contribution is 0.603. The van der Waals surface area contributed by atoms with E-state index in [1.54, 1.807) is 48.5 Å². The number of sulfonamides is 1. The molecule has 0 amide bonds. The minimum atomic E-state index is -4.09. The fourth-order valence-corrected chi connectivity index (χ4v) is 4.46. The van der Waals surface area contributed by atoms with Gasteiger partial charge in [0.2, 0.25) is 10.0 Å². The molecule has 0 fully saturated rings. The molecule has 0 aliphatic carbocycles. The van der Waals surface area contributed by atoms with Crippen molar-refractivity contribution in [1.29, 1.82) is 0 Å². The van der Waals surface area contributed by atoms with Gasteiger partial charge in [-0.15, -0.1) is 0 Å². The number of rotatable bonds is 5. The number of hydrogen-bond acceptors (Lipinski definition) is 5. The second kappa shape index (κ2) is 8.28. The van der Waals surface area contributed by atoms with Gasteiger partial charge in [-0.3, -0.25) is 0 Å². The quantitative estimate of drug-likeness (QED) is 0.344. The lowest BCUT2D eigenvalue weighted by Gasteiger charge is -2.21. The maximum Gasteiger partial charge on any atom is 0.202 e. The van der Waals surface area contributed by atoms with E-state index in [0.29, 0.717) is 26.8 Å². The van der Waals surface area contributed by atoms with Gasteiger partial charge in [0.25, 0.3) is 0 Å². The highest BCUT2D eigenvalue weighted by molar-refractivity contribution is 7.94. The molecule has 30 heavy (non-hydrogen) atoms. The zero-order valence-corrected chi connectivity index (χ0v) is 18.1. The predicted octanol–water partition coefficient (Wildman–Crippen LogP) is 6.73. The number of aromatic nitrogens is 2. The second-order valence-corrected chi connectivity index (χ2v) is 9.10. The van der Waals surface area contributed by atoms with Gasteiger partial charge >= 0.3 is 0 Å². The Kier molecular flexibility index (Phi) is 5.71. The predicted molar refractivity (Wildman–Crippen MR) is 121 cm³/mol. The van der Waals surface area contributed by atoms with Crippen molar-refractivity contribution in [1.82, 2.24) is 9.97 Å². The van der Waals surface area contributed by atoms with Crippen LogP contribution >= 0.6 is 34.8 Å². The minimum absolute atomic E-state index is 0.0540. The van der Waals surface area contributed by atoms with Crippen LogP contribution in [-0.2, 0) is 10.0 Å². The second-order valence-electron chi connectivity index (χ2n) is 6.19. The van der Waals surface area contributed by atoms with Crippen LogP contribution in [0.25, 0.3) is 15.8 Å². The summed E-state index contributed by atoms with van der Waals surface area (Å²) in [5, 5.41) is 4.10. The maximum absolute atomic E-state index is 12.8. The summed E-state index contributed by atoms with van der Waals surface area (Å²) >= 11 is 18.0. The Labute approximate surface area is 187 Å². The number of halogens is 3. The molecule has 4 aromatic rings. The Morgan fingerprint density at radius 1 is 0.767 bits per heavy atom. The molecule has 10 heteroatoms. The maximum atomic E-state index is 12.8. The number of nitrogens with zero attached hydrogens (tertiary/aromatic N) is 3. The summed E-state index contributed by atoms with van der Waals surface area (Å²) in [7, 11) is -4.09. The van der Waals surface area contributed by atoms with Crippen LogP contribution in [0.5, 0.6) is 0 Å². The molecule has 1 heterocycles. The van der Waals surface area contributed by atoms with Crippen molar-refractivity contribution in [2.75, 3.05) is 5.32 Å². The Morgan fingerprint density at radius 2 is 1.43 bits per heavy atom. The number of para-hydroxylation sites is 2. The molecule has 1 aromatic heterocycles. The van der Waals surface area contributed by atoms with Crippen molar-refractivity contribution >= 4 is 73.2 Å². The van der Waals surface area contributed by atoms with Crippen molar-refractivity contribution in [3.8, 4) is 0 Å². The molecule has 6 nitrogen and oxygen atoms in total. The Balaban J connectivity index is 1.80. The van der Waals surface area contributed by atoms with Crippen LogP contribution in [0.15, 0.2) is 71.6 Å². The molecule has 4 rings (SSSR count). The molecule has 0 bridgehead atoms. The molecule has 0 saturated heterocycles. The zero-order valence-electron chi connectivity index (χ0n) is 15.1. The van der Waals surface area contributed by atoms with E-state index in [0.717, 1.165) is 0 Å². The van der Waals surface area contributed by atoms with E-state index >= 15 is 0 Å². The zero-order chi connectivity index (χ0) is 21.3. The summed E-state index contributed by atoms with van der Waals surface area (Å²) in [4.78, 5) is 8.81. The van der Waals surface area contributed by atoms with Crippen molar-refractivity contribution < 1.29 is 8.42 Å². The smallest absolute Gasteiger partial charge is 0.202 e. The first-order valence-corrected chi connectivity index (χ1v) is 11.1. The molecule has 0 unspecified atom stereocenters. The van der Waals surface area contributed by atoms with Crippen LogP contribution in [0.3, 0.4) is 0 Å². The van der Waals surface area contributed by atoms with E-state index in [9.17, 15) is 8.42 Å². The Morgan fingerprint density at radius 3 is 2.10 bits per heavy atom. The average molecular weight is 479 g/mol. The molecule has 3 aromatic carbocycles.